The molecular weight excluding hydrogens is 292 g/mol. The van der Waals surface area contributed by atoms with Crippen LogP contribution in [-0.2, 0) is 9.59 Å². The molecule has 0 aromatic heterocycles. The smallest absolute Gasteiger partial charge is 0.306 e. The molecule has 0 saturated carbocycles. The van der Waals surface area contributed by atoms with Gasteiger partial charge in [0.05, 0.1) is 5.92 Å². The molecule has 0 rings (SSSR count). The van der Waals surface area contributed by atoms with Gasteiger partial charge in [0, 0.05) is 6.42 Å². The van der Waals surface area contributed by atoms with E-state index in [4.69, 9.17) is 5.11 Å². The summed E-state index contributed by atoms with van der Waals surface area (Å²) in [5.41, 5.74) is -0.157. The molecule has 3 atom stereocenters. The van der Waals surface area contributed by atoms with Gasteiger partial charge in [-0.3, -0.25) is 9.59 Å². The lowest BCUT2D eigenvalue weighted by atomic mass is 9.71. The van der Waals surface area contributed by atoms with Gasteiger partial charge in [-0.1, -0.05) is 53.9 Å². The van der Waals surface area contributed by atoms with E-state index in [1.165, 1.54) is 0 Å². The standard InChI is InChI=1S/C19H36O4/c1-6-8-10-15(9-7-2)16(18(22)23)13-19(4,5)12-14(3)11-17(20)21/h14-16H,6-13H2,1-5H3,(H,20,21)(H,22,23). The molecule has 0 radical (unpaired) electrons. The van der Waals surface area contributed by atoms with Crippen molar-refractivity contribution in [2.45, 2.75) is 86.0 Å². The van der Waals surface area contributed by atoms with Crippen molar-refractivity contribution in [1.82, 2.24) is 0 Å². The molecule has 23 heavy (non-hydrogen) atoms. The molecule has 0 aliphatic rings. The number of hydrogen-bond acceptors (Lipinski definition) is 2. The first-order valence-electron chi connectivity index (χ1n) is 9.07. The Kier molecular flexibility index (Phi) is 10.2. The van der Waals surface area contributed by atoms with Crippen molar-refractivity contribution in [2.24, 2.45) is 23.2 Å². The first kappa shape index (κ1) is 21.9. The monoisotopic (exact) mass is 328 g/mol. The highest BCUT2D eigenvalue weighted by Gasteiger charge is 2.34. The molecule has 0 bridgehead atoms. The highest BCUT2D eigenvalue weighted by molar-refractivity contribution is 5.70. The van der Waals surface area contributed by atoms with Gasteiger partial charge in [0.15, 0.2) is 0 Å². The molecule has 0 amide bonds. The molecule has 4 nitrogen and oxygen atoms in total. The summed E-state index contributed by atoms with van der Waals surface area (Å²) >= 11 is 0. The van der Waals surface area contributed by atoms with Crippen LogP contribution < -0.4 is 0 Å². The largest absolute Gasteiger partial charge is 0.481 e. The summed E-state index contributed by atoms with van der Waals surface area (Å²) in [5.74, 6) is -1.51. The van der Waals surface area contributed by atoms with Crippen LogP contribution in [0.1, 0.15) is 86.0 Å². The van der Waals surface area contributed by atoms with Crippen LogP contribution >= 0.6 is 0 Å². The fraction of sp³-hybridized carbons (Fsp3) is 0.895. The minimum atomic E-state index is -0.783. The number of carboxylic acids is 2. The van der Waals surface area contributed by atoms with Crippen LogP contribution in [0, 0.1) is 23.2 Å². The normalized spacial score (nSPS) is 15.9. The van der Waals surface area contributed by atoms with Crippen molar-refractivity contribution in [3.05, 3.63) is 0 Å². The fourth-order valence-corrected chi connectivity index (χ4v) is 3.83. The van der Waals surface area contributed by atoms with Crippen LogP contribution in [0.4, 0.5) is 0 Å². The van der Waals surface area contributed by atoms with Gasteiger partial charge in [-0.2, -0.15) is 0 Å². The van der Waals surface area contributed by atoms with Gasteiger partial charge in [0.25, 0.3) is 0 Å². The predicted molar refractivity (Wildman–Crippen MR) is 93.5 cm³/mol. The van der Waals surface area contributed by atoms with E-state index >= 15 is 0 Å². The van der Waals surface area contributed by atoms with E-state index in [0.29, 0.717) is 6.42 Å². The maximum Gasteiger partial charge on any atom is 0.306 e. The molecule has 0 saturated heterocycles. The quantitative estimate of drug-likeness (QED) is 0.486. The number of carboxylic acid groups (broad SMARTS) is 2. The topological polar surface area (TPSA) is 74.6 Å². The molecule has 4 heteroatoms. The van der Waals surface area contributed by atoms with E-state index in [-0.39, 0.29) is 29.6 Å². The summed E-state index contributed by atoms with van der Waals surface area (Å²) in [6.07, 6.45) is 6.62. The van der Waals surface area contributed by atoms with E-state index in [9.17, 15) is 14.7 Å². The number of carbonyl (C=O) groups is 2. The number of hydrogen-bond donors (Lipinski definition) is 2. The summed E-state index contributed by atoms with van der Waals surface area (Å²) in [6, 6.07) is 0. The third kappa shape index (κ3) is 9.62. The first-order chi connectivity index (χ1) is 10.6. The molecule has 0 aromatic carbocycles. The van der Waals surface area contributed by atoms with Crippen LogP contribution in [0.2, 0.25) is 0 Å². The van der Waals surface area contributed by atoms with Crippen molar-refractivity contribution < 1.29 is 19.8 Å². The van der Waals surface area contributed by atoms with Crippen LogP contribution in [0.5, 0.6) is 0 Å². The molecule has 2 N–H and O–H groups in total. The molecule has 3 unspecified atom stereocenters. The van der Waals surface area contributed by atoms with E-state index in [1.807, 2.05) is 6.92 Å². The second kappa shape index (κ2) is 10.7. The Morgan fingerprint density at radius 3 is 2.04 bits per heavy atom. The molecule has 0 aliphatic heterocycles. The molecule has 0 aliphatic carbocycles. The van der Waals surface area contributed by atoms with E-state index in [0.717, 1.165) is 38.5 Å². The van der Waals surface area contributed by atoms with Crippen molar-refractivity contribution in [2.75, 3.05) is 0 Å². The van der Waals surface area contributed by atoms with E-state index < -0.39 is 11.9 Å². The van der Waals surface area contributed by atoms with Gasteiger partial charge in [-0.15, -0.1) is 0 Å². The number of unbranched alkanes of at least 4 members (excludes halogenated alkanes) is 1. The van der Waals surface area contributed by atoms with Crippen molar-refractivity contribution in [3.8, 4) is 0 Å². The Morgan fingerprint density at radius 2 is 1.61 bits per heavy atom. The highest BCUT2D eigenvalue weighted by atomic mass is 16.4. The summed E-state index contributed by atoms with van der Waals surface area (Å²) in [6.45, 7) is 10.3. The average molecular weight is 328 g/mol. The molecule has 136 valence electrons. The summed E-state index contributed by atoms with van der Waals surface area (Å²) in [7, 11) is 0. The molecule has 0 heterocycles. The van der Waals surface area contributed by atoms with Crippen molar-refractivity contribution in [1.29, 1.82) is 0 Å². The number of aliphatic carboxylic acids is 2. The summed E-state index contributed by atoms with van der Waals surface area (Å²) in [5, 5.41) is 18.6. The summed E-state index contributed by atoms with van der Waals surface area (Å²) in [4.78, 5) is 22.7. The van der Waals surface area contributed by atoms with Crippen molar-refractivity contribution >= 4 is 11.9 Å². The maximum atomic E-state index is 11.8. The lowest BCUT2D eigenvalue weighted by Gasteiger charge is -2.34. The minimum Gasteiger partial charge on any atom is -0.481 e. The van der Waals surface area contributed by atoms with Crippen LogP contribution in [0.15, 0.2) is 0 Å². The Labute approximate surface area is 141 Å². The second-order valence-electron chi connectivity index (χ2n) is 7.91. The summed E-state index contributed by atoms with van der Waals surface area (Å²) < 4.78 is 0. The van der Waals surface area contributed by atoms with E-state index in [1.54, 1.807) is 0 Å². The Hall–Kier alpha value is -1.06. The first-order valence-corrected chi connectivity index (χ1v) is 9.07. The Bertz CT molecular complexity index is 362. The van der Waals surface area contributed by atoms with Gasteiger partial charge in [0.1, 0.15) is 0 Å². The van der Waals surface area contributed by atoms with Crippen LogP contribution in [0.3, 0.4) is 0 Å². The van der Waals surface area contributed by atoms with Crippen LogP contribution in [0.25, 0.3) is 0 Å². The average Bonchev–Trinajstić information content (AvgIpc) is 2.39. The molecule has 0 aromatic rings. The van der Waals surface area contributed by atoms with Gasteiger partial charge in [-0.25, -0.2) is 0 Å². The predicted octanol–water partition coefficient (Wildman–Crippen LogP) is 5.21. The van der Waals surface area contributed by atoms with Gasteiger partial charge >= 0.3 is 11.9 Å². The fourth-order valence-electron chi connectivity index (χ4n) is 3.83. The molecule has 0 spiro atoms. The van der Waals surface area contributed by atoms with Gasteiger partial charge in [0.2, 0.25) is 0 Å². The Balaban J connectivity index is 4.92. The van der Waals surface area contributed by atoms with Gasteiger partial charge in [-0.05, 0) is 42.9 Å². The molecule has 0 fully saturated rings. The van der Waals surface area contributed by atoms with Gasteiger partial charge < -0.3 is 10.2 Å². The van der Waals surface area contributed by atoms with Crippen LogP contribution in [-0.4, -0.2) is 22.2 Å². The van der Waals surface area contributed by atoms with Crippen molar-refractivity contribution in [3.63, 3.8) is 0 Å². The zero-order valence-corrected chi connectivity index (χ0v) is 15.6. The third-order valence-electron chi connectivity index (χ3n) is 4.67. The third-order valence-corrected chi connectivity index (χ3v) is 4.67. The zero-order chi connectivity index (χ0) is 18.0. The lowest BCUT2D eigenvalue weighted by molar-refractivity contribution is -0.146. The zero-order valence-electron chi connectivity index (χ0n) is 15.6. The number of rotatable bonds is 13. The lowest BCUT2D eigenvalue weighted by Crippen LogP contribution is -2.30. The Morgan fingerprint density at radius 1 is 1.00 bits per heavy atom. The maximum absolute atomic E-state index is 11.8. The SMILES string of the molecule is CCCCC(CCC)C(CC(C)(C)CC(C)CC(=O)O)C(=O)O. The second-order valence-corrected chi connectivity index (χ2v) is 7.91. The highest BCUT2D eigenvalue weighted by Crippen LogP contribution is 2.38. The molecular formula is C19H36O4. The van der Waals surface area contributed by atoms with E-state index in [2.05, 4.69) is 27.7 Å². The minimum absolute atomic E-state index is 0.0669.